The Hall–Kier alpha value is -2.24. The van der Waals surface area contributed by atoms with Crippen LogP contribution in [0.5, 0.6) is 11.5 Å². The number of nitrogens with zero attached hydrogens (tertiary/aromatic N) is 2. The van der Waals surface area contributed by atoms with E-state index in [0.29, 0.717) is 34.0 Å². The number of ether oxygens (including phenoxy) is 2. The highest BCUT2D eigenvalue weighted by molar-refractivity contribution is 5.81. The largest absolute Gasteiger partial charge is 0.454 e. The summed E-state index contributed by atoms with van der Waals surface area (Å²) in [4.78, 5) is 0. The smallest absolute Gasteiger partial charge is 0.231 e. The maximum Gasteiger partial charge on any atom is 0.231 e. The molecule has 1 atom stereocenters. The molecule has 6 heteroatoms. The van der Waals surface area contributed by atoms with Gasteiger partial charge in [-0.25, -0.2) is 4.39 Å². The summed E-state index contributed by atoms with van der Waals surface area (Å²) in [5.74, 6) is 1.63. The van der Waals surface area contributed by atoms with Gasteiger partial charge in [0.15, 0.2) is 11.5 Å². The first-order valence-electron chi connectivity index (χ1n) is 5.93. The number of nitrogen functional groups attached to an aromatic ring is 1. The molecule has 1 aliphatic rings. The van der Waals surface area contributed by atoms with Gasteiger partial charge in [-0.1, -0.05) is 0 Å². The zero-order valence-electron chi connectivity index (χ0n) is 10.7. The lowest BCUT2D eigenvalue weighted by atomic mass is 10.0. The van der Waals surface area contributed by atoms with Crippen LogP contribution in [0.4, 0.5) is 10.2 Å². The fraction of sp³-hybridized carbons (Fsp3) is 0.308. The maximum absolute atomic E-state index is 13.6. The minimum Gasteiger partial charge on any atom is -0.454 e. The number of hydrogen-bond donors (Lipinski definition) is 1. The molecule has 1 aromatic carbocycles. The zero-order chi connectivity index (χ0) is 13.6. The van der Waals surface area contributed by atoms with Crippen LogP contribution >= 0.6 is 0 Å². The van der Waals surface area contributed by atoms with E-state index in [1.165, 1.54) is 6.92 Å². The van der Waals surface area contributed by atoms with Crippen molar-refractivity contribution in [2.24, 2.45) is 7.05 Å². The molecule has 5 nitrogen and oxygen atoms in total. The standard InChI is InChI=1S/C13H14FN3O2/c1-7(14)8-3-9(10-5-16-17(2)13(10)15)12-11(4-8)18-6-19-12/h3-5,7H,6,15H2,1-2H3. The van der Waals surface area contributed by atoms with E-state index in [-0.39, 0.29) is 6.79 Å². The molecule has 0 amide bonds. The van der Waals surface area contributed by atoms with Crippen molar-refractivity contribution in [3.05, 3.63) is 23.9 Å². The van der Waals surface area contributed by atoms with E-state index in [2.05, 4.69) is 5.10 Å². The van der Waals surface area contributed by atoms with Crippen molar-refractivity contribution < 1.29 is 13.9 Å². The number of halogens is 1. The molecular weight excluding hydrogens is 249 g/mol. The van der Waals surface area contributed by atoms with Crippen molar-refractivity contribution in [3.63, 3.8) is 0 Å². The van der Waals surface area contributed by atoms with Gasteiger partial charge in [-0.05, 0) is 24.6 Å². The summed E-state index contributed by atoms with van der Waals surface area (Å²) in [5, 5.41) is 4.09. The lowest BCUT2D eigenvalue weighted by Crippen LogP contribution is -1.99. The molecule has 100 valence electrons. The Morgan fingerprint density at radius 3 is 2.79 bits per heavy atom. The van der Waals surface area contributed by atoms with Gasteiger partial charge >= 0.3 is 0 Å². The Labute approximate surface area is 109 Å². The number of rotatable bonds is 2. The average Bonchev–Trinajstić information content (AvgIpc) is 2.97. The summed E-state index contributed by atoms with van der Waals surface area (Å²) in [5.41, 5.74) is 7.92. The number of alkyl halides is 1. The van der Waals surface area contributed by atoms with Crippen LogP contribution < -0.4 is 15.2 Å². The second-order valence-electron chi connectivity index (χ2n) is 4.49. The molecular formula is C13H14FN3O2. The Morgan fingerprint density at radius 2 is 2.16 bits per heavy atom. The second kappa shape index (κ2) is 4.15. The number of aryl methyl sites for hydroxylation is 1. The predicted octanol–water partition coefficient (Wildman–Crippen LogP) is 2.43. The molecule has 0 spiro atoms. The van der Waals surface area contributed by atoms with Gasteiger partial charge < -0.3 is 15.2 Å². The highest BCUT2D eigenvalue weighted by Gasteiger charge is 2.24. The number of aromatic nitrogens is 2. The third kappa shape index (κ3) is 1.80. The predicted molar refractivity (Wildman–Crippen MR) is 68.7 cm³/mol. The third-order valence-electron chi connectivity index (χ3n) is 3.23. The molecule has 2 N–H and O–H groups in total. The van der Waals surface area contributed by atoms with Crippen LogP contribution in [-0.2, 0) is 7.05 Å². The molecule has 0 saturated heterocycles. The molecule has 0 aliphatic carbocycles. The highest BCUT2D eigenvalue weighted by atomic mass is 19.1. The van der Waals surface area contributed by atoms with Gasteiger partial charge in [0.05, 0.1) is 6.20 Å². The van der Waals surface area contributed by atoms with Crippen LogP contribution in [0.15, 0.2) is 18.3 Å². The molecule has 2 heterocycles. The summed E-state index contributed by atoms with van der Waals surface area (Å²) in [6.07, 6.45) is 0.547. The van der Waals surface area contributed by atoms with Crippen LogP contribution in [0.3, 0.4) is 0 Å². The van der Waals surface area contributed by atoms with Gasteiger partial charge in [0.1, 0.15) is 12.0 Å². The second-order valence-corrected chi connectivity index (χ2v) is 4.49. The molecule has 0 fully saturated rings. The summed E-state index contributed by atoms with van der Waals surface area (Å²) < 4.78 is 25.9. The van der Waals surface area contributed by atoms with Crippen molar-refractivity contribution in [3.8, 4) is 22.6 Å². The van der Waals surface area contributed by atoms with Crippen LogP contribution in [0.1, 0.15) is 18.7 Å². The van der Waals surface area contributed by atoms with E-state index in [9.17, 15) is 4.39 Å². The van der Waals surface area contributed by atoms with E-state index in [4.69, 9.17) is 15.2 Å². The van der Waals surface area contributed by atoms with Crippen LogP contribution in [0.25, 0.3) is 11.1 Å². The Bertz CT molecular complexity index is 637. The number of fused-ring (bicyclic) bond motifs is 1. The molecule has 2 aromatic rings. The first-order valence-corrected chi connectivity index (χ1v) is 5.93. The van der Waals surface area contributed by atoms with E-state index in [1.807, 2.05) is 0 Å². The van der Waals surface area contributed by atoms with E-state index in [0.717, 1.165) is 0 Å². The van der Waals surface area contributed by atoms with Gasteiger partial charge in [0, 0.05) is 18.2 Å². The van der Waals surface area contributed by atoms with Crippen molar-refractivity contribution >= 4 is 5.82 Å². The summed E-state index contributed by atoms with van der Waals surface area (Å²) in [6.45, 7) is 1.61. The fourth-order valence-corrected chi connectivity index (χ4v) is 2.12. The quantitative estimate of drug-likeness (QED) is 0.903. The molecule has 19 heavy (non-hydrogen) atoms. The molecule has 1 aromatic heterocycles. The minimum absolute atomic E-state index is 0.132. The zero-order valence-corrected chi connectivity index (χ0v) is 10.7. The van der Waals surface area contributed by atoms with E-state index >= 15 is 0 Å². The Kier molecular flexibility index (Phi) is 2.58. The Morgan fingerprint density at radius 1 is 1.37 bits per heavy atom. The monoisotopic (exact) mass is 263 g/mol. The van der Waals surface area contributed by atoms with E-state index < -0.39 is 6.17 Å². The lowest BCUT2D eigenvalue weighted by molar-refractivity contribution is 0.174. The number of nitrogens with two attached hydrogens (primary N) is 1. The van der Waals surface area contributed by atoms with E-state index in [1.54, 1.807) is 30.1 Å². The first kappa shape index (κ1) is 11.8. The van der Waals surface area contributed by atoms with Crippen molar-refractivity contribution in [1.82, 2.24) is 9.78 Å². The van der Waals surface area contributed by atoms with Crippen LogP contribution in [0, 0.1) is 0 Å². The van der Waals surface area contributed by atoms with Crippen molar-refractivity contribution in [2.45, 2.75) is 13.1 Å². The van der Waals surface area contributed by atoms with Gasteiger partial charge in [0.2, 0.25) is 6.79 Å². The van der Waals surface area contributed by atoms with Crippen LogP contribution in [0.2, 0.25) is 0 Å². The van der Waals surface area contributed by atoms with Gasteiger partial charge in [-0.2, -0.15) is 5.10 Å². The summed E-state index contributed by atoms with van der Waals surface area (Å²) >= 11 is 0. The molecule has 0 bridgehead atoms. The van der Waals surface area contributed by atoms with Crippen LogP contribution in [-0.4, -0.2) is 16.6 Å². The molecule has 1 unspecified atom stereocenters. The molecule has 0 saturated carbocycles. The average molecular weight is 263 g/mol. The number of anilines is 1. The third-order valence-corrected chi connectivity index (χ3v) is 3.23. The SMILES string of the molecule is CC(F)c1cc2c(c(-c3cnn(C)c3N)c1)OCO2. The summed E-state index contributed by atoms with van der Waals surface area (Å²) in [7, 11) is 1.75. The first-order chi connectivity index (χ1) is 9.08. The normalized spacial score (nSPS) is 14.7. The molecule has 3 rings (SSSR count). The number of hydrogen-bond acceptors (Lipinski definition) is 4. The maximum atomic E-state index is 13.6. The fourth-order valence-electron chi connectivity index (χ4n) is 2.12. The topological polar surface area (TPSA) is 62.3 Å². The van der Waals surface area contributed by atoms with Crippen molar-refractivity contribution in [2.75, 3.05) is 12.5 Å². The number of benzene rings is 1. The van der Waals surface area contributed by atoms with Gasteiger partial charge in [0.25, 0.3) is 0 Å². The van der Waals surface area contributed by atoms with Gasteiger partial charge in [-0.15, -0.1) is 0 Å². The molecule has 0 radical (unpaired) electrons. The van der Waals surface area contributed by atoms with Gasteiger partial charge in [-0.3, -0.25) is 4.68 Å². The highest BCUT2D eigenvalue weighted by Crippen LogP contribution is 2.45. The minimum atomic E-state index is -1.09. The Balaban J connectivity index is 2.22. The molecule has 1 aliphatic heterocycles. The summed E-state index contributed by atoms with van der Waals surface area (Å²) in [6, 6.07) is 3.38. The lowest BCUT2D eigenvalue weighted by Gasteiger charge is -2.10. The van der Waals surface area contributed by atoms with Crippen molar-refractivity contribution in [1.29, 1.82) is 0 Å².